The number of ether oxygens (including phenoxy) is 2. The van der Waals surface area contributed by atoms with E-state index in [1.165, 1.54) is 5.56 Å². The molecule has 0 bridgehead atoms. The van der Waals surface area contributed by atoms with Crippen LogP contribution in [0.1, 0.15) is 35.3 Å². The first kappa shape index (κ1) is 18.5. The Morgan fingerprint density at radius 1 is 1.08 bits per heavy atom. The van der Waals surface area contributed by atoms with Gasteiger partial charge in [-0.3, -0.25) is 4.79 Å². The summed E-state index contributed by atoms with van der Waals surface area (Å²) in [6, 6.07) is 12.3. The first-order chi connectivity index (χ1) is 11.9. The molecule has 0 fully saturated rings. The van der Waals surface area contributed by atoms with Crippen molar-refractivity contribution >= 4 is 17.6 Å². The molecule has 0 radical (unpaired) electrons. The molecule has 0 unspecified atom stereocenters. The highest BCUT2D eigenvalue weighted by Gasteiger charge is 2.16. The zero-order valence-corrected chi connectivity index (χ0v) is 15.0. The minimum Gasteiger partial charge on any atom is -0.481 e. The lowest BCUT2D eigenvalue weighted by Gasteiger charge is -2.16. The van der Waals surface area contributed by atoms with Gasteiger partial charge in [0.25, 0.3) is 5.91 Å². The van der Waals surface area contributed by atoms with E-state index < -0.39 is 12.1 Å². The lowest BCUT2D eigenvalue weighted by Crippen LogP contribution is -2.30. The molecule has 0 aromatic heterocycles. The molecular weight excluding hydrogens is 318 g/mol. The molecule has 0 aliphatic heterocycles. The van der Waals surface area contributed by atoms with Crippen LogP contribution in [0.5, 0.6) is 5.75 Å². The molecule has 1 amide bonds. The van der Waals surface area contributed by atoms with Crippen LogP contribution in [0.15, 0.2) is 42.5 Å². The minimum absolute atomic E-state index is 0.292. The van der Waals surface area contributed by atoms with Crippen molar-refractivity contribution in [2.75, 3.05) is 11.9 Å². The SMILES string of the molecule is CCOC(=O)c1cccc(NC(=O)[C@H](C)Oc2ccc(C)c(C)c2)c1. The van der Waals surface area contributed by atoms with E-state index in [1.807, 2.05) is 32.0 Å². The summed E-state index contributed by atoms with van der Waals surface area (Å²) in [7, 11) is 0. The summed E-state index contributed by atoms with van der Waals surface area (Å²) in [5.41, 5.74) is 3.18. The van der Waals surface area contributed by atoms with Crippen LogP contribution in [-0.2, 0) is 9.53 Å². The van der Waals surface area contributed by atoms with Crippen LogP contribution in [0.3, 0.4) is 0 Å². The monoisotopic (exact) mass is 341 g/mol. The summed E-state index contributed by atoms with van der Waals surface area (Å²) in [5.74, 6) is -0.0664. The second kappa shape index (κ2) is 8.33. The van der Waals surface area contributed by atoms with Gasteiger partial charge in [-0.1, -0.05) is 12.1 Å². The summed E-state index contributed by atoms with van der Waals surface area (Å²) in [5, 5.41) is 2.75. The van der Waals surface area contributed by atoms with Gasteiger partial charge in [-0.25, -0.2) is 4.79 Å². The predicted molar refractivity (Wildman–Crippen MR) is 97.0 cm³/mol. The molecule has 1 atom stereocenters. The largest absolute Gasteiger partial charge is 0.481 e. The number of esters is 1. The van der Waals surface area contributed by atoms with Gasteiger partial charge in [0.2, 0.25) is 0 Å². The standard InChI is InChI=1S/C20H23NO4/c1-5-24-20(23)16-7-6-8-17(12-16)21-19(22)15(4)25-18-10-9-13(2)14(3)11-18/h6-12,15H,5H2,1-4H3,(H,21,22)/t15-/m0/s1. The Labute approximate surface area is 148 Å². The number of amides is 1. The Bertz CT molecular complexity index is 770. The Morgan fingerprint density at radius 3 is 2.52 bits per heavy atom. The molecule has 0 spiro atoms. The maximum Gasteiger partial charge on any atom is 0.338 e. The molecule has 0 heterocycles. The normalized spacial score (nSPS) is 11.5. The van der Waals surface area contributed by atoms with E-state index >= 15 is 0 Å². The van der Waals surface area contributed by atoms with Crippen LogP contribution in [0, 0.1) is 13.8 Å². The van der Waals surface area contributed by atoms with E-state index in [0.29, 0.717) is 23.6 Å². The fourth-order valence-corrected chi connectivity index (χ4v) is 2.23. The Balaban J connectivity index is 2.02. The van der Waals surface area contributed by atoms with Crippen molar-refractivity contribution < 1.29 is 19.1 Å². The van der Waals surface area contributed by atoms with Gasteiger partial charge < -0.3 is 14.8 Å². The smallest absolute Gasteiger partial charge is 0.338 e. The van der Waals surface area contributed by atoms with Crippen molar-refractivity contribution in [3.05, 3.63) is 59.2 Å². The average Bonchev–Trinajstić information content (AvgIpc) is 2.58. The number of hydrogen-bond acceptors (Lipinski definition) is 4. The summed E-state index contributed by atoms with van der Waals surface area (Å²) < 4.78 is 10.7. The predicted octanol–water partition coefficient (Wildman–Crippen LogP) is 3.89. The third-order valence-electron chi connectivity index (χ3n) is 3.80. The molecule has 2 aromatic rings. The highest BCUT2D eigenvalue weighted by Crippen LogP contribution is 2.18. The van der Waals surface area contributed by atoms with Crippen LogP contribution in [0.4, 0.5) is 5.69 Å². The summed E-state index contributed by atoms with van der Waals surface area (Å²) >= 11 is 0. The van der Waals surface area contributed by atoms with Crippen molar-refractivity contribution in [1.82, 2.24) is 0 Å². The van der Waals surface area contributed by atoms with E-state index in [2.05, 4.69) is 5.32 Å². The van der Waals surface area contributed by atoms with Gasteiger partial charge in [-0.2, -0.15) is 0 Å². The molecule has 0 saturated heterocycles. The van der Waals surface area contributed by atoms with Crippen molar-refractivity contribution in [2.24, 2.45) is 0 Å². The molecule has 132 valence electrons. The number of carbonyl (C=O) groups is 2. The molecule has 5 heteroatoms. The molecule has 2 rings (SSSR count). The van der Waals surface area contributed by atoms with E-state index in [1.54, 1.807) is 38.1 Å². The highest BCUT2D eigenvalue weighted by molar-refractivity contribution is 5.96. The highest BCUT2D eigenvalue weighted by atomic mass is 16.5. The molecule has 0 aliphatic carbocycles. The summed E-state index contributed by atoms with van der Waals surface area (Å²) in [6.45, 7) is 7.74. The minimum atomic E-state index is -0.673. The number of rotatable bonds is 6. The van der Waals surface area contributed by atoms with Crippen LogP contribution < -0.4 is 10.1 Å². The number of carbonyl (C=O) groups excluding carboxylic acids is 2. The van der Waals surface area contributed by atoms with E-state index in [4.69, 9.17) is 9.47 Å². The summed E-state index contributed by atoms with van der Waals surface area (Å²) in [6.07, 6.45) is -0.673. The quantitative estimate of drug-likeness (QED) is 0.810. The van der Waals surface area contributed by atoms with Gasteiger partial charge in [0.1, 0.15) is 5.75 Å². The van der Waals surface area contributed by atoms with Crippen molar-refractivity contribution in [3.63, 3.8) is 0 Å². The Hall–Kier alpha value is -2.82. The van der Waals surface area contributed by atoms with E-state index in [-0.39, 0.29) is 5.91 Å². The molecule has 0 aliphatic rings. The van der Waals surface area contributed by atoms with Gasteiger partial charge in [-0.05, 0) is 69.2 Å². The molecular formula is C20H23NO4. The third kappa shape index (κ3) is 5.08. The summed E-state index contributed by atoms with van der Waals surface area (Å²) in [4.78, 5) is 24.1. The Kier molecular flexibility index (Phi) is 6.17. The first-order valence-electron chi connectivity index (χ1n) is 8.22. The molecule has 5 nitrogen and oxygen atoms in total. The zero-order valence-electron chi connectivity index (χ0n) is 15.0. The number of benzene rings is 2. The number of anilines is 1. The van der Waals surface area contributed by atoms with Gasteiger partial charge in [0, 0.05) is 5.69 Å². The second-order valence-electron chi connectivity index (χ2n) is 5.80. The average molecular weight is 341 g/mol. The fourth-order valence-electron chi connectivity index (χ4n) is 2.23. The molecule has 0 saturated carbocycles. The maximum atomic E-state index is 12.3. The number of hydrogen-bond donors (Lipinski definition) is 1. The lowest BCUT2D eigenvalue weighted by atomic mass is 10.1. The van der Waals surface area contributed by atoms with Crippen LogP contribution in [0.2, 0.25) is 0 Å². The van der Waals surface area contributed by atoms with Crippen molar-refractivity contribution in [2.45, 2.75) is 33.8 Å². The number of nitrogens with one attached hydrogen (secondary N) is 1. The van der Waals surface area contributed by atoms with Gasteiger partial charge in [0.15, 0.2) is 6.10 Å². The molecule has 1 N–H and O–H groups in total. The lowest BCUT2D eigenvalue weighted by molar-refractivity contribution is -0.122. The fraction of sp³-hybridized carbons (Fsp3) is 0.300. The van der Waals surface area contributed by atoms with Gasteiger partial charge in [-0.15, -0.1) is 0 Å². The maximum absolute atomic E-state index is 12.3. The number of aryl methyl sites for hydroxylation is 2. The van der Waals surface area contributed by atoms with E-state index in [0.717, 1.165) is 5.56 Å². The van der Waals surface area contributed by atoms with Crippen molar-refractivity contribution in [1.29, 1.82) is 0 Å². The molecule has 25 heavy (non-hydrogen) atoms. The van der Waals surface area contributed by atoms with Crippen LogP contribution in [-0.4, -0.2) is 24.6 Å². The van der Waals surface area contributed by atoms with Crippen molar-refractivity contribution in [3.8, 4) is 5.75 Å². The van der Waals surface area contributed by atoms with Crippen LogP contribution >= 0.6 is 0 Å². The van der Waals surface area contributed by atoms with Gasteiger partial charge in [0.05, 0.1) is 12.2 Å². The Morgan fingerprint density at radius 2 is 1.84 bits per heavy atom. The second-order valence-corrected chi connectivity index (χ2v) is 5.80. The molecule has 2 aromatic carbocycles. The zero-order chi connectivity index (χ0) is 18.4. The third-order valence-corrected chi connectivity index (χ3v) is 3.80. The van der Waals surface area contributed by atoms with E-state index in [9.17, 15) is 9.59 Å². The topological polar surface area (TPSA) is 64.6 Å². The van der Waals surface area contributed by atoms with Crippen LogP contribution in [0.25, 0.3) is 0 Å². The van der Waals surface area contributed by atoms with Gasteiger partial charge >= 0.3 is 5.97 Å². The first-order valence-corrected chi connectivity index (χ1v) is 8.22.